The number of aryl methyl sites for hydroxylation is 2. The summed E-state index contributed by atoms with van der Waals surface area (Å²) in [5.41, 5.74) is 3.64. The number of benzene rings is 3. The van der Waals surface area contributed by atoms with E-state index in [2.05, 4.69) is 24.5 Å². The van der Waals surface area contributed by atoms with E-state index in [1.807, 2.05) is 85.8 Å². The lowest BCUT2D eigenvalue weighted by atomic mass is 9.98. The van der Waals surface area contributed by atoms with Gasteiger partial charge in [-0.15, -0.1) is 0 Å². The van der Waals surface area contributed by atoms with Gasteiger partial charge in [0.05, 0.1) is 0 Å². The predicted octanol–water partition coefficient (Wildman–Crippen LogP) is 8.17. The number of nitrogens with one attached hydrogen (secondary N) is 2. The summed E-state index contributed by atoms with van der Waals surface area (Å²) in [7, 11) is 0. The molecule has 3 aromatic carbocycles. The van der Waals surface area contributed by atoms with Crippen molar-refractivity contribution >= 4 is 23.6 Å². The summed E-state index contributed by atoms with van der Waals surface area (Å²) in [6.45, 7) is 11.9. The molecule has 2 N–H and O–H groups in total. The van der Waals surface area contributed by atoms with Gasteiger partial charge in [-0.05, 0) is 68.9 Å². The third kappa shape index (κ3) is 11.4. The third-order valence-electron chi connectivity index (χ3n) is 7.72. The monoisotopic (exact) mass is 613 g/mol. The largest absolute Gasteiger partial charge is 0.444 e. The Hall–Kier alpha value is -4.13. The van der Waals surface area contributed by atoms with Crippen molar-refractivity contribution in [3.8, 4) is 0 Å². The molecule has 0 spiro atoms. The van der Waals surface area contributed by atoms with Crippen LogP contribution in [0.2, 0.25) is 0 Å². The zero-order valence-corrected chi connectivity index (χ0v) is 27.9. The highest BCUT2D eigenvalue weighted by molar-refractivity contribution is 5.99. The van der Waals surface area contributed by atoms with E-state index in [0.717, 1.165) is 60.8 Å². The van der Waals surface area contributed by atoms with Crippen LogP contribution < -0.4 is 10.6 Å². The highest BCUT2D eigenvalue weighted by Gasteiger charge is 2.36. The van der Waals surface area contributed by atoms with Crippen LogP contribution in [0.3, 0.4) is 0 Å². The SMILES string of the molecule is CCCCCCCN(C(=O)C(Cc1ccccc1)NC(=O)OC(C)(C)C)C(C(=O)Nc1ccccc1C)c1ccc(CC)cc1. The van der Waals surface area contributed by atoms with E-state index >= 15 is 0 Å². The number of hydrogen-bond acceptors (Lipinski definition) is 4. The minimum absolute atomic E-state index is 0.256. The van der Waals surface area contributed by atoms with Crippen LogP contribution in [0.5, 0.6) is 0 Å². The van der Waals surface area contributed by atoms with E-state index < -0.39 is 23.8 Å². The first-order valence-electron chi connectivity index (χ1n) is 16.3. The number of carbonyl (C=O) groups excluding carboxylic acids is 3. The minimum Gasteiger partial charge on any atom is -0.444 e. The Balaban J connectivity index is 2.07. The molecular formula is C38H51N3O4. The van der Waals surface area contributed by atoms with Gasteiger partial charge in [-0.3, -0.25) is 9.59 Å². The summed E-state index contributed by atoms with van der Waals surface area (Å²) < 4.78 is 5.57. The fourth-order valence-corrected chi connectivity index (χ4v) is 5.27. The fourth-order valence-electron chi connectivity index (χ4n) is 5.27. The van der Waals surface area contributed by atoms with Crippen molar-refractivity contribution in [1.29, 1.82) is 0 Å². The summed E-state index contributed by atoms with van der Waals surface area (Å²) >= 11 is 0. The second kappa shape index (κ2) is 17.4. The molecule has 0 saturated heterocycles. The van der Waals surface area contributed by atoms with Crippen molar-refractivity contribution in [3.05, 3.63) is 101 Å². The summed E-state index contributed by atoms with van der Waals surface area (Å²) in [6.07, 6.45) is 5.37. The van der Waals surface area contributed by atoms with Gasteiger partial charge in [-0.25, -0.2) is 4.79 Å². The number of nitrogens with zero attached hydrogens (tertiary/aromatic N) is 1. The fraction of sp³-hybridized carbons (Fsp3) is 0.447. The first kappa shape index (κ1) is 35.4. The lowest BCUT2D eigenvalue weighted by Crippen LogP contribution is -2.53. The molecule has 2 unspecified atom stereocenters. The van der Waals surface area contributed by atoms with Crippen molar-refractivity contribution in [3.63, 3.8) is 0 Å². The number of unbranched alkanes of at least 4 members (excludes halogenated alkanes) is 4. The molecule has 0 bridgehead atoms. The Labute approximate surface area is 269 Å². The zero-order chi connectivity index (χ0) is 32.8. The van der Waals surface area contributed by atoms with Crippen molar-refractivity contribution < 1.29 is 19.1 Å². The van der Waals surface area contributed by atoms with E-state index in [0.29, 0.717) is 12.2 Å². The van der Waals surface area contributed by atoms with Crippen molar-refractivity contribution in [1.82, 2.24) is 10.2 Å². The lowest BCUT2D eigenvalue weighted by Gasteiger charge is -2.35. The van der Waals surface area contributed by atoms with E-state index in [1.165, 1.54) is 0 Å². The standard InChI is InChI=1S/C38H51N3O4/c1-7-9-10-11-17-26-41(36(43)33(27-30-19-13-12-14-20-30)40-37(44)45-38(4,5)6)34(31-24-22-29(8-2)23-25-31)35(42)39-32-21-16-15-18-28(32)3/h12-16,18-25,33-34H,7-11,17,26-27H2,1-6H3,(H,39,42)(H,40,44). The summed E-state index contributed by atoms with van der Waals surface area (Å²) in [5, 5.41) is 5.95. The van der Waals surface area contributed by atoms with Crippen LogP contribution in [0.4, 0.5) is 10.5 Å². The van der Waals surface area contributed by atoms with Crippen LogP contribution in [0, 0.1) is 6.92 Å². The van der Waals surface area contributed by atoms with Gasteiger partial charge in [0.25, 0.3) is 5.91 Å². The quantitative estimate of drug-likeness (QED) is 0.169. The highest BCUT2D eigenvalue weighted by Crippen LogP contribution is 2.27. The van der Waals surface area contributed by atoms with Gasteiger partial charge in [-0.2, -0.15) is 0 Å². The molecule has 0 radical (unpaired) electrons. The van der Waals surface area contributed by atoms with Gasteiger partial charge in [-0.1, -0.05) is 112 Å². The molecule has 242 valence electrons. The summed E-state index contributed by atoms with van der Waals surface area (Å²) in [6, 6.07) is 23.2. The van der Waals surface area contributed by atoms with Gasteiger partial charge >= 0.3 is 6.09 Å². The Kier molecular flexibility index (Phi) is 13.7. The molecule has 45 heavy (non-hydrogen) atoms. The number of ether oxygens (including phenoxy) is 1. The second-order valence-electron chi connectivity index (χ2n) is 12.6. The molecule has 3 aromatic rings. The average molecular weight is 614 g/mol. The number of hydrogen-bond donors (Lipinski definition) is 2. The molecule has 0 heterocycles. The zero-order valence-electron chi connectivity index (χ0n) is 27.9. The number of amides is 3. The molecule has 0 fully saturated rings. The van der Waals surface area contributed by atoms with Crippen LogP contribution in [-0.4, -0.2) is 41.0 Å². The first-order valence-corrected chi connectivity index (χ1v) is 16.3. The predicted molar refractivity (Wildman–Crippen MR) is 182 cm³/mol. The summed E-state index contributed by atoms with van der Waals surface area (Å²) in [5.74, 6) is -0.629. The maximum Gasteiger partial charge on any atom is 0.408 e. The molecule has 0 aliphatic rings. The molecule has 3 rings (SSSR count). The van der Waals surface area contributed by atoms with Crippen LogP contribution >= 0.6 is 0 Å². The van der Waals surface area contributed by atoms with Crippen LogP contribution in [0.25, 0.3) is 0 Å². The van der Waals surface area contributed by atoms with E-state index in [4.69, 9.17) is 4.74 Å². The van der Waals surface area contributed by atoms with Crippen LogP contribution in [-0.2, 0) is 27.2 Å². The van der Waals surface area contributed by atoms with Crippen molar-refractivity contribution in [2.45, 2.75) is 104 Å². The maximum absolute atomic E-state index is 14.7. The number of carbonyl (C=O) groups is 3. The minimum atomic E-state index is -0.943. The Morgan fingerprint density at radius 1 is 0.800 bits per heavy atom. The number of para-hydroxylation sites is 1. The Morgan fingerprint density at radius 3 is 2.07 bits per heavy atom. The van der Waals surface area contributed by atoms with Crippen LogP contribution in [0.1, 0.15) is 95.0 Å². The molecular weight excluding hydrogens is 562 g/mol. The molecule has 7 nitrogen and oxygen atoms in total. The number of anilines is 1. The van der Waals surface area contributed by atoms with Gasteiger partial charge in [0, 0.05) is 18.7 Å². The summed E-state index contributed by atoms with van der Waals surface area (Å²) in [4.78, 5) is 43.7. The Bertz CT molecular complexity index is 1370. The normalized spacial score (nSPS) is 12.6. The smallest absolute Gasteiger partial charge is 0.408 e. The van der Waals surface area contributed by atoms with Gasteiger partial charge in [0.2, 0.25) is 5.91 Å². The second-order valence-corrected chi connectivity index (χ2v) is 12.6. The lowest BCUT2D eigenvalue weighted by molar-refractivity contribution is -0.140. The highest BCUT2D eigenvalue weighted by atomic mass is 16.6. The molecule has 0 aromatic heterocycles. The van der Waals surface area contributed by atoms with E-state index in [9.17, 15) is 14.4 Å². The van der Waals surface area contributed by atoms with Gasteiger partial charge in [0.15, 0.2) is 0 Å². The third-order valence-corrected chi connectivity index (χ3v) is 7.72. The van der Waals surface area contributed by atoms with E-state index in [-0.39, 0.29) is 18.2 Å². The number of alkyl carbamates (subject to hydrolysis) is 1. The van der Waals surface area contributed by atoms with E-state index in [1.54, 1.807) is 25.7 Å². The Morgan fingerprint density at radius 2 is 1.44 bits per heavy atom. The van der Waals surface area contributed by atoms with Crippen LogP contribution in [0.15, 0.2) is 78.9 Å². The topological polar surface area (TPSA) is 87.7 Å². The molecule has 7 heteroatoms. The molecule has 0 aliphatic carbocycles. The van der Waals surface area contributed by atoms with Crippen molar-refractivity contribution in [2.24, 2.45) is 0 Å². The van der Waals surface area contributed by atoms with Crippen molar-refractivity contribution in [2.75, 3.05) is 11.9 Å². The maximum atomic E-state index is 14.7. The van der Waals surface area contributed by atoms with Gasteiger partial charge in [0.1, 0.15) is 17.7 Å². The number of rotatable bonds is 15. The van der Waals surface area contributed by atoms with Gasteiger partial charge < -0.3 is 20.3 Å². The molecule has 0 aliphatic heterocycles. The molecule has 3 amide bonds. The first-order chi connectivity index (χ1) is 21.5. The molecule has 0 saturated carbocycles. The average Bonchev–Trinajstić information content (AvgIpc) is 3.00. The molecule has 2 atom stereocenters.